The first-order chi connectivity index (χ1) is 14.6. The number of rotatable bonds is 8. The van der Waals surface area contributed by atoms with Crippen LogP contribution in [0.4, 0.5) is 4.39 Å². The number of nitrogens with one attached hydrogen (secondary N) is 1. The Morgan fingerprint density at radius 3 is 2.70 bits per heavy atom. The number of alkyl halides is 1. The summed E-state index contributed by atoms with van der Waals surface area (Å²) >= 11 is 0. The van der Waals surface area contributed by atoms with E-state index in [4.69, 9.17) is 10.00 Å². The normalized spacial score (nSPS) is 18.3. The van der Waals surface area contributed by atoms with E-state index in [2.05, 4.69) is 10.2 Å². The molecule has 0 aromatic heterocycles. The van der Waals surface area contributed by atoms with Crippen molar-refractivity contribution in [1.29, 1.82) is 5.26 Å². The van der Waals surface area contributed by atoms with Crippen LogP contribution in [0.5, 0.6) is 5.75 Å². The lowest BCUT2D eigenvalue weighted by Gasteiger charge is -2.31. The monoisotopic (exact) mass is 407 g/mol. The van der Waals surface area contributed by atoms with Crippen molar-refractivity contribution in [1.82, 2.24) is 10.2 Å². The lowest BCUT2D eigenvalue weighted by Crippen LogP contribution is -2.31. The Balaban J connectivity index is 1.32. The van der Waals surface area contributed by atoms with Gasteiger partial charge in [0.2, 0.25) is 5.91 Å². The molecule has 0 spiro atoms. The lowest BCUT2D eigenvalue weighted by molar-refractivity contribution is -0.120. The summed E-state index contributed by atoms with van der Waals surface area (Å²) < 4.78 is 20.7. The first kappa shape index (κ1) is 20.4. The molecule has 30 heavy (non-hydrogen) atoms. The average molecular weight is 407 g/mol. The highest BCUT2D eigenvalue weighted by Crippen LogP contribution is 2.34. The summed E-state index contributed by atoms with van der Waals surface area (Å²) in [6.45, 7) is 2.88. The molecule has 0 bridgehead atoms. The number of nitrogens with zero attached hydrogens (tertiary/aromatic N) is 2. The molecule has 1 unspecified atom stereocenters. The van der Waals surface area contributed by atoms with Crippen molar-refractivity contribution in [2.45, 2.75) is 45.1 Å². The van der Waals surface area contributed by atoms with E-state index in [9.17, 15) is 9.18 Å². The van der Waals surface area contributed by atoms with Gasteiger partial charge in [0.15, 0.2) is 0 Å². The minimum atomic E-state index is -1.02. The van der Waals surface area contributed by atoms with Crippen LogP contribution in [-0.2, 0) is 24.4 Å². The predicted octanol–water partition coefficient (Wildman–Crippen LogP) is 4.03. The topological polar surface area (TPSA) is 65.4 Å². The number of nitriles is 1. The Morgan fingerprint density at radius 1 is 1.20 bits per heavy atom. The van der Waals surface area contributed by atoms with Crippen molar-refractivity contribution in [3.8, 4) is 11.8 Å². The van der Waals surface area contributed by atoms with Gasteiger partial charge in [-0.15, -0.1) is 0 Å². The van der Waals surface area contributed by atoms with Crippen LogP contribution in [0, 0.1) is 17.2 Å². The van der Waals surface area contributed by atoms with Crippen LogP contribution in [0.3, 0.4) is 0 Å². The van der Waals surface area contributed by atoms with E-state index in [0.29, 0.717) is 32.1 Å². The summed E-state index contributed by atoms with van der Waals surface area (Å²) in [6, 6.07) is 15.6. The quantitative estimate of drug-likeness (QED) is 0.718. The first-order valence-electron chi connectivity index (χ1n) is 10.4. The molecule has 1 heterocycles. The van der Waals surface area contributed by atoms with Crippen LogP contribution in [-0.4, -0.2) is 24.0 Å². The van der Waals surface area contributed by atoms with Crippen molar-refractivity contribution >= 4 is 5.91 Å². The van der Waals surface area contributed by atoms with Gasteiger partial charge >= 0.3 is 0 Å². The SMILES string of the molecule is N#CCC(=O)NCc1ccc(CN2Cc3ccc(OCC4CC4)cc3C(F)C2)cc1. The van der Waals surface area contributed by atoms with Gasteiger partial charge in [0.05, 0.1) is 12.7 Å². The van der Waals surface area contributed by atoms with Gasteiger partial charge in [-0.2, -0.15) is 5.26 Å². The molecule has 0 saturated heterocycles. The van der Waals surface area contributed by atoms with Crippen LogP contribution >= 0.6 is 0 Å². The number of amides is 1. The van der Waals surface area contributed by atoms with E-state index in [0.717, 1.165) is 34.6 Å². The lowest BCUT2D eigenvalue weighted by atomic mass is 9.97. The molecule has 1 atom stereocenters. The molecule has 1 aliphatic heterocycles. The fourth-order valence-electron chi connectivity index (χ4n) is 3.70. The van der Waals surface area contributed by atoms with Gasteiger partial charge < -0.3 is 10.1 Å². The molecule has 1 fully saturated rings. The second-order valence-electron chi connectivity index (χ2n) is 8.18. The number of carbonyl (C=O) groups is 1. The first-order valence-corrected chi connectivity index (χ1v) is 10.4. The predicted molar refractivity (Wildman–Crippen MR) is 111 cm³/mol. The van der Waals surface area contributed by atoms with Gasteiger partial charge in [-0.25, -0.2) is 4.39 Å². The maximum Gasteiger partial charge on any atom is 0.234 e. The van der Waals surface area contributed by atoms with E-state index < -0.39 is 6.17 Å². The highest BCUT2D eigenvalue weighted by Gasteiger charge is 2.26. The molecule has 1 aliphatic carbocycles. The molecule has 1 saturated carbocycles. The third kappa shape index (κ3) is 5.37. The molecule has 6 heteroatoms. The van der Waals surface area contributed by atoms with Crippen molar-refractivity contribution in [3.05, 3.63) is 64.7 Å². The second-order valence-corrected chi connectivity index (χ2v) is 8.18. The maximum absolute atomic E-state index is 14.9. The zero-order valence-electron chi connectivity index (χ0n) is 16.9. The third-order valence-corrected chi connectivity index (χ3v) is 5.61. The van der Waals surface area contributed by atoms with Crippen LogP contribution in [0.15, 0.2) is 42.5 Å². The summed E-state index contributed by atoms with van der Waals surface area (Å²) in [5.74, 6) is 1.18. The number of fused-ring (bicyclic) bond motifs is 1. The minimum absolute atomic E-state index is 0.132. The third-order valence-electron chi connectivity index (χ3n) is 5.61. The van der Waals surface area contributed by atoms with Crippen LogP contribution in [0.2, 0.25) is 0 Å². The highest BCUT2D eigenvalue weighted by molar-refractivity contribution is 5.77. The molecule has 5 nitrogen and oxygen atoms in total. The Labute approximate surface area is 176 Å². The number of ether oxygens (including phenoxy) is 1. The molecule has 0 radical (unpaired) electrons. The van der Waals surface area contributed by atoms with E-state index >= 15 is 0 Å². The molecule has 2 aliphatic rings. The summed E-state index contributed by atoms with van der Waals surface area (Å²) in [5, 5.41) is 11.2. The number of halogens is 1. The van der Waals surface area contributed by atoms with Crippen molar-refractivity contribution < 1.29 is 13.9 Å². The van der Waals surface area contributed by atoms with Crippen LogP contribution < -0.4 is 10.1 Å². The van der Waals surface area contributed by atoms with Gasteiger partial charge in [-0.05, 0) is 53.1 Å². The number of hydrogen-bond donors (Lipinski definition) is 1. The zero-order valence-corrected chi connectivity index (χ0v) is 16.9. The van der Waals surface area contributed by atoms with Crippen molar-refractivity contribution in [2.24, 2.45) is 5.92 Å². The fourth-order valence-corrected chi connectivity index (χ4v) is 3.70. The molecule has 4 rings (SSSR count). The van der Waals surface area contributed by atoms with E-state index in [-0.39, 0.29) is 12.3 Å². The van der Waals surface area contributed by atoms with Crippen LogP contribution in [0.25, 0.3) is 0 Å². The van der Waals surface area contributed by atoms with E-state index in [1.807, 2.05) is 48.5 Å². The molecule has 2 aromatic rings. The van der Waals surface area contributed by atoms with Crippen LogP contribution in [0.1, 0.15) is 47.7 Å². The Kier molecular flexibility index (Phi) is 6.29. The van der Waals surface area contributed by atoms with Gasteiger partial charge in [-0.1, -0.05) is 30.3 Å². The molecule has 2 aromatic carbocycles. The number of benzene rings is 2. The fraction of sp³-hybridized carbons (Fsp3) is 0.417. The molecule has 1 amide bonds. The van der Waals surface area contributed by atoms with Gasteiger partial charge in [0.25, 0.3) is 0 Å². The van der Waals surface area contributed by atoms with Gasteiger partial charge in [0, 0.05) is 26.2 Å². The largest absolute Gasteiger partial charge is 0.493 e. The molecule has 1 N–H and O–H groups in total. The Morgan fingerprint density at radius 2 is 1.97 bits per heavy atom. The van der Waals surface area contributed by atoms with Crippen molar-refractivity contribution in [3.63, 3.8) is 0 Å². The molecule has 156 valence electrons. The zero-order chi connectivity index (χ0) is 20.9. The van der Waals surface area contributed by atoms with E-state index in [1.54, 1.807) is 0 Å². The number of carbonyl (C=O) groups excluding carboxylic acids is 1. The summed E-state index contributed by atoms with van der Waals surface area (Å²) in [4.78, 5) is 13.5. The van der Waals surface area contributed by atoms with Gasteiger partial charge in [-0.3, -0.25) is 9.69 Å². The van der Waals surface area contributed by atoms with E-state index in [1.165, 1.54) is 12.8 Å². The Hall–Kier alpha value is -2.91. The van der Waals surface area contributed by atoms with Gasteiger partial charge in [0.1, 0.15) is 18.3 Å². The second kappa shape index (κ2) is 9.27. The molecular weight excluding hydrogens is 381 g/mol. The summed E-state index contributed by atoms with van der Waals surface area (Å²) in [5.41, 5.74) is 3.84. The standard InChI is InChI=1S/C24H26FN3O2/c25-23-15-28(13-18-3-1-17(2-4-18)12-27-24(29)9-10-26)14-20-7-8-21(11-22(20)23)30-16-19-5-6-19/h1-4,7-8,11,19,23H,5-6,9,12-16H2,(H,27,29). The molecular formula is C24H26FN3O2. The summed E-state index contributed by atoms with van der Waals surface area (Å²) in [7, 11) is 0. The number of hydrogen-bond acceptors (Lipinski definition) is 4. The smallest absolute Gasteiger partial charge is 0.234 e. The Bertz CT molecular complexity index is 934. The highest BCUT2D eigenvalue weighted by atomic mass is 19.1. The summed E-state index contributed by atoms with van der Waals surface area (Å²) in [6.07, 6.45) is 1.32. The average Bonchev–Trinajstić information content (AvgIpc) is 3.57. The maximum atomic E-state index is 14.9. The van der Waals surface area contributed by atoms with Crippen molar-refractivity contribution in [2.75, 3.05) is 13.2 Å². The minimum Gasteiger partial charge on any atom is -0.493 e.